The van der Waals surface area contributed by atoms with Gasteiger partial charge >= 0.3 is 0 Å². The van der Waals surface area contributed by atoms with E-state index in [4.69, 9.17) is 5.73 Å². The SMILES string of the molecule is CC(CN1CCN(CCc2ccccc2)CC1)Nc1ccccc1C(N)=O. The first-order chi connectivity index (χ1) is 13.1. The van der Waals surface area contributed by atoms with Crippen LogP contribution in [0.5, 0.6) is 0 Å². The number of rotatable bonds is 8. The fourth-order valence-electron chi connectivity index (χ4n) is 3.65. The predicted octanol–water partition coefficient (Wildman–Crippen LogP) is 2.45. The fourth-order valence-corrected chi connectivity index (χ4v) is 3.65. The topological polar surface area (TPSA) is 61.6 Å². The molecule has 1 atom stereocenters. The highest BCUT2D eigenvalue weighted by Gasteiger charge is 2.19. The summed E-state index contributed by atoms with van der Waals surface area (Å²) in [4.78, 5) is 16.6. The van der Waals surface area contributed by atoms with Crippen LogP contribution >= 0.6 is 0 Å². The second-order valence-corrected chi connectivity index (χ2v) is 7.33. The summed E-state index contributed by atoms with van der Waals surface area (Å²) in [5.74, 6) is -0.391. The molecule has 0 radical (unpaired) electrons. The summed E-state index contributed by atoms with van der Waals surface area (Å²) < 4.78 is 0. The maximum atomic E-state index is 11.6. The van der Waals surface area contributed by atoms with Gasteiger partial charge in [0.25, 0.3) is 5.91 Å². The first-order valence-corrected chi connectivity index (χ1v) is 9.76. The molecular weight excluding hydrogens is 336 g/mol. The van der Waals surface area contributed by atoms with Crippen LogP contribution in [0.4, 0.5) is 5.69 Å². The lowest BCUT2D eigenvalue weighted by Crippen LogP contribution is -2.49. The molecule has 1 amide bonds. The number of nitrogens with zero attached hydrogens (tertiary/aromatic N) is 2. The Labute approximate surface area is 162 Å². The normalized spacial score (nSPS) is 16.8. The van der Waals surface area contributed by atoms with Gasteiger partial charge in [-0.25, -0.2) is 0 Å². The van der Waals surface area contributed by atoms with E-state index in [1.165, 1.54) is 5.56 Å². The van der Waals surface area contributed by atoms with E-state index in [1.54, 1.807) is 6.07 Å². The van der Waals surface area contributed by atoms with Crippen molar-refractivity contribution in [3.05, 3.63) is 65.7 Å². The lowest BCUT2D eigenvalue weighted by Gasteiger charge is -2.36. The number of carbonyl (C=O) groups excluding carboxylic acids is 1. The number of primary amides is 1. The number of nitrogens with two attached hydrogens (primary N) is 1. The Bertz CT molecular complexity index is 726. The second-order valence-electron chi connectivity index (χ2n) is 7.33. The molecule has 0 saturated carbocycles. The molecule has 1 heterocycles. The smallest absolute Gasteiger partial charge is 0.250 e. The Hall–Kier alpha value is -2.37. The highest BCUT2D eigenvalue weighted by Crippen LogP contribution is 2.16. The average Bonchev–Trinajstić information content (AvgIpc) is 2.68. The summed E-state index contributed by atoms with van der Waals surface area (Å²) in [6, 6.07) is 18.4. The predicted molar refractivity (Wildman–Crippen MR) is 111 cm³/mol. The van der Waals surface area contributed by atoms with Crippen LogP contribution in [0, 0.1) is 0 Å². The van der Waals surface area contributed by atoms with Gasteiger partial charge in [0.2, 0.25) is 0 Å². The summed E-state index contributed by atoms with van der Waals surface area (Å²) in [6.07, 6.45) is 1.11. The minimum atomic E-state index is -0.391. The molecule has 3 rings (SSSR count). The van der Waals surface area contributed by atoms with Crippen LogP contribution in [0.1, 0.15) is 22.8 Å². The molecule has 0 spiro atoms. The maximum Gasteiger partial charge on any atom is 0.250 e. The maximum absolute atomic E-state index is 11.6. The third-order valence-electron chi connectivity index (χ3n) is 5.15. The quantitative estimate of drug-likeness (QED) is 0.753. The molecule has 1 unspecified atom stereocenters. The number of piperazine rings is 1. The molecule has 5 heteroatoms. The Morgan fingerprint density at radius 3 is 2.33 bits per heavy atom. The summed E-state index contributed by atoms with van der Waals surface area (Å²) in [6.45, 7) is 8.61. The lowest BCUT2D eigenvalue weighted by molar-refractivity contribution is 0.100. The lowest BCUT2D eigenvalue weighted by atomic mass is 10.1. The van der Waals surface area contributed by atoms with Gasteiger partial charge < -0.3 is 16.0 Å². The van der Waals surface area contributed by atoms with Crippen LogP contribution in [0.25, 0.3) is 0 Å². The Balaban J connectivity index is 1.42. The van der Waals surface area contributed by atoms with Crippen molar-refractivity contribution < 1.29 is 4.79 Å². The number of anilines is 1. The number of para-hydroxylation sites is 1. The van der Waals surface area contributed by atoms with Gasteiger partial charge in [-0.2, -0.15) is 0 Å². The summed E-state index contributed by atoms with van der Waals surface area (Å²) in [5, 5.41) is 3.44. The van der Waals surface area contributed by atoms with Gasteiger partial charge in [0, 0.05) is 51.0 Å². The van der Waals surface area contributed by atoms with Gasteiger partial charge in [-0.1, -0.05) is 42.5 Å². The van der Waals surface area contributed by atoms with E-state index in [-0.39, 0.29) is 6.04 Å². The van der Waals surface area contributed by atoms with E-state index in [1.807, 2.05) is 18.2 Å². The molecule has 1 aliphatic rings. The fraction of sp³-hybridized carbons (Fsp3) is 0.409. The molecule has 1 fully saturated rings. The monoisotopic (exact) mass is 366 g/mol. The number of benzene rings is 2. The van der Waals surface area contributed by atoms with E-state index >= 15 is 0 Å². The Kier molecular flexibility index (Phi) is 6.85. The zero-order valence-corrected chi connectivity index (χ0v) is 16.1. The van der Waals surface area contributed by atoms with E-state index in [9.17, 15) is 4.79 Å². The molecule has 3 N–H and O–H groups in total. The average molecular weight is 367 g/mol. The molecule has 144 valence electrons. The number of hydrogen-bond donors (Lipinski definition) is 2. The minimum Gasteiger partial charge on any atom is -0.381 e. The van der Waals surface area contributed by atoms with E-state index < -0.39 is 5.91 Å². The van der Waals surface area contributed by atoms with Crippen LogP contribution in [-0.2, 0) is 6.42 Å². The largest absolute Gasteiger partial charge is 0.381 e. The van der Waals surface area contributed by atoms with Crippen LogP contribution in [0.2, 0.25) is 0 Å². The Morgan fingerprint density at radius 1 is 1.00 bits per heavy atom. The van der Waals surface area contributed by atoms with Crippen molar-refractivity contribution in [2.75, 3.05) is 44.6 Å². The highest BCUT2D eigenvalue weighted by atomic mass is 16.1. The van der Waals surface area contributed by atoms with Gasteiger partial charge in [0.1, 0.15) is 0 Å². The summed E-state index contributed by atoms with van der Waals surface area (Å²) in [7, 11) is 0. The van der Waals surface area contributed by atoms with Gasteiger partial charge in [-0.15, -0.1) is 0 Å². The Morgan fingerprint density at radius 2 is 1.63 bits per heavy atom. The van der Waals surface area contributed by atoms with Crippen LogP contribution in [0.3, 0.4) is 0 Å². The van der Waals surface area contributed by atoms with Gasteiger partial charge in [0.15, 0.2) is 0 Å². The molecule has 2 aromatic rings. The molecule has 0 aromatic heterocycles. The third-order valence-corrected chi connectivity index (χ3v) is 5.15. The molecule has 0 bridgehead atoms. The van der Waals surface area contributed by atoms with E-state index in [0.29, 0.717) is 5.56 Å². The number of hydrogen-bond acceptors (Lipinski definition) is 4. The van der Waals surface area contributed by atoms with Crippen molar-refractivity contribution in [2.24, 2.45) is 5.73 Å². The van der Waals surface area contributed by atoms with Gasteiger partial charge in [-0.3, -0.25) is 9.69 Å². The minimum absolute atomic E-state index is 0.251. The van der Waals surface area contributed by atoms with Crippen molar-refractivity contribution >= 4 is 11.6 Å². The van der Waals surface area contributed by atoms with Crippen molar-refractivity contribution in [3.8, 4) is 0 Å². The third kappa shape index (κ3) is 5.81. The second kappa shape index (κ2) is 9.53. The molecule has 0 aliphatic carbocycles. The highest BCUT2D eigenvalue weighted by molar-refractivity contribution is 5.98. The van der Waals surface area contributed by atoms with Crippen molar-refractivity contribution in [1.82, 2.24) is 9.80 Å². The molecular formula is C22H30N4O. The molecule has 1 saturated heterocycles. The van der Waals surface area contributed by atoms with Crippen molar-refractivity contribution in [1.29, 1.82) is 0 Å². The standard InChI is InChI=1S/C22H30N4O/c1-18(24-21-10-6-5-9-20(21)22(23)27)17-26-15-13-25(14-16-26)12-11-19-7-3-2-4-8-19/h2-10,18,24H,11-17H2,1H3,(H2,23,27). The van der Waals surface area contributed by atoms with Crippen LogP contribution in [0.15, 0.2) is 54.6 Å². The number of carbonyl (C=O) groups is 1. The number of nitrogens with one attached hydrogen (secondary N) is 1. The van der Waals surface area contributed by atoms with Crippen LogP contribution < -0.4 is 11.1 Å². The molecule has 27 heavy (non-hydrogen) atoms. The van der Waals surface area contributed by atoms with E-state index in [2.05, 4.69) is 52.4 Å². The first kappa shape index (κ1) is 19.4. The first-order valence-electron chi connectivity index (χ1n) is 9.76. The molecule has 1 aliphatic heterocycles. The van der Waals surface area contributed by atoms with Gasteiger partial charge in [0.05, 0.1) is 5.56 Å². The van der Waals surface area contributed by atoms with Crippen molar-refractivity contribution in [2.45, 2.75) is 19.4 Å². The zero-order chi connectivity index (χ0) is 19.1. The van der Waals surface area contributed by atoms with Crippen molar-refractivity contribution in [3.63, 3.8) is 0 Å². The molecule has 5 nitrogen and oxygen atoms in total. The van der Waals surface area contributed by atoms with Crippen LogP contribution in [-0.4, -0.2) is 61.0 Å². The summed E-state index contributed by atoms with van der Waals surface area (Å²) in [5.41, 5.74) is 8.24. The number of amides is 1. The van der Waals surface area contributed by atoms with E-state index in [0.717, 1.165) is 51.4 Å². The zero-order valence-electron chi connectivity index (χ0n) is 16.1. The van der Waals surface area contributed by atoms with Gasteiger partial charge in [-0.05, 0) is 31.0 Å². The summed E-state index contributed by atoms with van der Waals surface area (Å²) >= 11 is 0. The molecule has 2 aromatic carbocycles.